The van der Waals surface area contributed by atoms with Gasteiger partial charge in [-0.2, -0.15) is 4.31 Å². The lowest BCUT2D eigenvalue weighted by Gasteiger charge is -2.35. The Morgan fingerprint density at radius 3 is 2.50 bits per heavy atom. The van der Waals surface area contributed by atoms with Crippen molar-refractivity contribution in [3.8, 4) is 5.75 Å². The lowest BCUT2D eigenvalue weighted by Crippen LogP contribution is -2.48. The summed E-state index contributed by atoms with van der Waals surface area (Å²) < 4.78 is 32.0. The first-order valence-corrected chi connectivity index (χ1v) is 9.33. The zero-order chi connectivity index (χ0) is 17.2. The highest BCUT2D eigenvalue weighted by Crippen LogP contribution is 2.24. The average molecular weight is 368 g/mol. The van der Waals surface area contributed by atoms with E-state index in [1.807, 2.05) is 24.3 Å². The van der Waals surface area contributed by atoms with Crippen molar-refractivity contribution in [3.63, 3.8) is 0 Å². The molecule has 2 aromatic rings. The first-order chi connectivity index (χ1) is 11.5. The number of nitrogens with zero attached hydrogens (tertiary/aromatic N) is 3. The predicted molar refractivity (Wildman–Crippen MR) is 93.2 cm³/mol. The molecule has 1 saturated heterocycles. The van der Waals surface area contributed by atoms with Crippen molar-refractivity contribution in [2.75, 3.05) is 38.2 Å². The molecule has 1 aliphatic heterocycles. The smallest absolute Gasteiger partial charge is 0.244 e. The molecule has 0 radical (unpaired) electrons. The highest BCUT2D eigenvalue weighted by molar-refractivity contribution is 7.89. The summed E-state index contributed by atoms with van der Waals surface area (Å²) in [6, 6.07) is 10.7. The minimum atomic E-state index is -3.54. The van der Waals surface area contributed by atoms with E-state index in [1.165, 1.54) is 22.6 Å². The lowest BCUT2D eigenvalue weighted by atomic mass is 10.2. The molecule has 2 heterocycles. The standard InChI is InChI=1S/C16H18ClN3O3S/c1-23-14-4-2-3-13(11-14)19-7-9-20(10-8-19)24(21,22)15-5-6-16(17)18-12-15/h2-6,11-12H,7-10H2,1H3. The Kier molecular flexibility index (Phi) is 4.93. The molecule has 3 rings (SSSR count). The van der Waals surface area contributed by atoms with E-state index in [9.17, 15) is 8.42 Å². The second kappa shape index (κ2) is 6.96. The van der Waals surface area contributed by atoms with Crippen LogP contribution in [-0.2, 0) is 10.0 Å². The van der Waals surface area contributed by atoms with Crippen LogP contribution in [-0.4, -0.2) is 51.0 Å². The van der Waals surface area contributed by atoms with Gasteiger partial charge in [0.1, 0.15) is 15.8 Å². The summed E-state index contributed by atoms with van der Waals surface area (Å²) >= 11 is 5.72. The fraction of sp³-hybridized carbons (Fsp3) is 0.312. The molecule has 0 spiro atoms. The molecule has 0 bridgehead atoms. The fourth-order valence-electron chi connectivity index (χ4n) is 2.66. The van der Waals surface area contributed by atoms with Crippen LogP contribution in [0, 0.1) is 0 Å². The number of rotatable bonds is 4. The van der Waals surface area contributed by atoms with Crippen LogP contribution in [0.1, 0.15) is 0 Å². The lowest BCUT2D eigenvalue weighted by molar-refractivity contribution is 0.384. The maximum atomic E-state index is 12.6. The van der Waals surface area contributed by atoms with E-state index in [1.54, 1.807) is 7.11 Å². The van der Waals surface area contributed by atoms with Crippen molar-refractivity contribution in [1.82, 2.24) is 9.29 Å². The summed E-state index contributed by atoms with van der Waals surface area (Å²) in [5.41, 5.74) is 1.03. The van der Waals surface area contributed by atoms with E-state index in [2.05, 4.69) is 9.88 Å². The molecule has 0 N–H and O–H groups in total. The zero-order valence-electron chi connectivity index (χ0n) is 13.2. The third-order valence-corrected chi connectivity index (χ3v) is 6.10. The number of pyridine rings is 1. The molecule has 1 aromatic heterocycles. The maximum absolute atomic E-state index is 12.6. The van der Waals surface area contributed by atoms with Crippen LogP contribution in [0.3, 0.4) is 0 Å². The molecule has 0 aliphatic carbocycles. The number of halogens is 1. The van der Waals surface area contributed by atoms with Crippen molar-refractivity contribution in [3.05, 3.63) is 47.7 Å². The van der Waals surface area contributed by atoms with Crippen LogP contribution < -0.4 is 9.64 Å². The first kappa shape index (κ1) is 17.0. The van der Waals surface area contributed by atoms with Crippen LogP contribution in [0.15, 0.2) is 47.5 Å². The number of piperazine rings is 1. The Balaban J connectivity index is 1.71. The monoisotopic (exact) mass is 367 g/mol. The Labute approximate surface area is 146 Å². The number of hydrogen-bond acceptors (Lipinski definition) is 5. The van der Waals surface area contributed by atoms with Gasteiger partial charge in [-0.25, -0.2) is 13.4 Å². The largest absolute Gasteiger partial charge is 0.497 e. The van der Waals surface area contributed by atoms with Gasteiger partial charge in [0.15, 0.2) is 0 Å². The number of hydrogen-bond donors (Lipinski definition) is 0. The van der Waals surface area contributed by atoms with Crippen molar-refractivity contribution < 1.29 is 13.2 Å². The van der Waals surface area contributed by atoms with Crippen LogP contribution in [0.5, 0.6) is 5.75 Å². The summed E-state index contributed by atoms with van der Waals surface area (Å²) in [7, 11) is -1.91. The number of ether oxygens (including phenoxy) is 1. The van der Waals surface area contributed by atoms with Gasteiger partial charge in [-0.3, -0.25) is 0 Å². The number of aromatic nitrogens is 1. The van der Waals surface area contributed by atoms with Crippen molar-refractivity contribution in [2.45, 2.75) is 4.90 Å². The van der Waals surface area contributed by atoms with Gasteiger partial charge in [-0.15, -0.1) is 0 Å². The van der Waals surface area contributed by atoms with Gasteiger partial charge in [-0.05, 0) is 24.3 Å². The van der Waals surface area contributed by atoms with Crippen LogP contribution in [0.25, 0.3) is 0 Å². The topological polar surface area (TPSA) is 62.7 Å². The molecule has 0 unspecified atom stereocenters. The third kappa shape index (κ3) is 3.48. The Bertz CT molecular complexity index is 804. The third-order valence-electron chi connectivity index (χ3n) is 4.00. The zero-order valence-corrected chi connectivity index (χ0v) is 14.8. The predicted octanol–water partition coefficient (Wildman–Crippen LogP) is 2.25. The molecule has 128 valence electrons. The number of sulfonamides is 1. The Morgan fingerprint density at radius 1 is 1.12 bits per heavy atom. The number of anilines is 1. The van der Waals surface area contributed by atoms with Gasteiger partial charge in [-0.1, -0.05) is 17.7 Å². The average Bonchev–Trinajstić information content (AvgIpc) is 2.62. The molecular formula is C16H18ClN3O3S. The van der Waals surface area contributed by atoms with Gasteiger partial charge in [0, 0.05) is 44.1 Å². The van der Waals surface area contributed by atoms with Crippen LogP contribution >= 0.6 is 11.6 Å². The van der Waals surface area contributed by atoms with Crippen LogP contribution in [0.4, 0.5) is 5.69 Å². The minimum absolute atomic E-state index is 0.168. The molecule has 24 heavy (non-hydrogen) atoms. The highest BCUT2D eigenvalue weighted by Gasteiger charge is 2.28. The molecular weight excluding hydrogens is 350 g/mol. The first-order valence-electron chi connectivity index (χ1n) is 7.51. The molecule has 6 nitrogen and oxygen atoms in total. The van der Waals surface area contributed by atoms with Gasteiger partial charge in [0.2, 0.25) is 10.0 Å². The van der Waals surface area contributed by atoms with E-state index < -0.39 is 10.0 Å². The summed E-state index contributed by atoms with van der Waals surface area (Å²) in [4.78, 5) is 6.17. The second-order valence-electron chi connectivity index (χ2n) is 5.41. The molecule has 1 fully saturated rings. The van der Waals surface area contributed by atoms with Gasteiger partial charge < -0.3 is 9.64 Å². The van der Waals surface area contributed by atoms with E-state index in [0.717, 1.165) is 11.4 Å². The van der Waals surface area contributed by atoms with E-state index in [4.69, 9.17) is 16.3 Å². The minimum Gasteiger partial charge on any atom is -0.497 e. The van der Waals surface area contributed by atoms with Crippen molar-refractivity contribution in [1.29, 1.82) is 0 Å². The van der Waals surface area contributed by atoms with E-state index in [-0.39, 0.29) is 10.0 Å². The Morgan fingerprint density at radius 2 is 1.88 bits per heavy atom. The molecule has 8 heteroatoms. The SMILES string of the molecule is COc1cccc(N2CCN(S(=O)(=O)c3ccc(Cl)nc3)CC2)c1. The Hall–Kier alpha value is -1.83. The quantitative estimate of drug-likeness (QED) is 0.775. The molecule has 1 aliphatic rings. The van der Waals surface area contributed by atoms with Crippen LogP contribution in [0.2, 0.25) is 5.15 Å². The summed E-state index contributed by atoms with van der Waals surface area (Å²) in [5.74, 6) is 0.787. The summed E-state index contributed by atoms with van der Waals surface area (Å²) in [6.07, 6.45) is 1.30. The van der Waals surface area contributed by atoms with E-state index in [0.29, 0.717) is 26.2 Å². The molecule has 0 atom stereocenters. The molecule has 1 aromatic carbocycles. The van der Waals surface area contributed by atoms with Gasteiger partial charge in [0.25, 0.3) is 0 Å². The maximum Gasteiger partial charge on any atom is 0.244 e. The second-order valence-corrected chi connectivity index (χ2v) is 7.73. The van der Waals surface area contributed by atoms with Crippen molar-refractivity contribution >= 4 is 27.3 Å². The summed E-state index contributed by atoms with van der Waals surface area (Å²) in [6.45, 7) is 2.07. The number of benzene rings is 1. The number of methoxy groups -OCH3 is 1. The van der Waals surface area contributed by atoms with E-state index >= 15 is 0 Å². The highest BCUT2D eigenvalue weighted by atomic mass is 35.5. The van der Waals surface area contributed by atoms with Gasteiger partial charge in [0.05, 0.1) is 7.11 Å². The van der Waals surface area contributed by atoms with Crippen molar-refractivity contribution in [2.24, 2.45) is 0 Å². The fourth-order valence-corrected chi connectivity index (χ4v) is 4.14. The normalized spacial score (nSPS) is 16.2. The molecule has 0 amide bonds. The molecule has 0 saturated carbocycles. The summed E-state index contributed by atoms with van der Waals surface area (Å²) in [5, 5.41) is 0.275. The van der Waals surface area contributed by atoms with Gasteiger partial charge >= 0.3 is 0 Å².